The molecule has 29 heavy (non-hydrogen) atoms. The molecule has 0 aliphatic heterocycles. The lowest BCUT2D eigenvalue weighted by atomic mass is 9.48. The highest BCUT2D eigenvalue weighted by atomic mass is 35.5. The van der Waals surface area contributed by atoms with Gasteiger partial charge in [-0.05, 0) is 91.7 Å². The van der Waals surface area contributed by atoms with Crippen molar-refractivity contribution in [1.29, 1.82) is 0 Å². The monoisotopic (exact) mass is 452 g/mol. The van der Waals surface area contributed by atoms with Gasteiger partial charge in [-0.25, -0.2) is 5.84 Å². The summed E-state index contributed by atoms with van der Waals surface area (Å²) in [4.78, 5) is 13.0. The van der Waals surface area contributed by atoms with Crippen LogP contribution < -0.4 is 15.8 Å². The normalized spacial score (nSPS) is 31.1. The lowest BCUT2D eigenvalue weighted by Crippen LogP contribution is -2.56. The molecule has 4 bridgehead atoms. The average molecular weight is 453 g/mol. The third-order valence-corrected chi connectivity index (χ3v) is 8.97. The van der Waals surface area contributed by atoms with Crippen molar-refractivity contribution in [2.75, 3.05) is 0 Å². The Morgan fingerprint density at radius 3 is 2.48 bits per heavy atom. The quantitative estimate of drug-likeness (QED) is 0.212. The standard InChI is InChI=1S/C20H23Cl2N5OS/c21-14-1-2-16(15(22)6-14)27-10-24-26-19(27)29-17(18(28)25-23)20-7-11-3-12(8-20)5-13(4-11)9-20/h1-2,6,10-13,17H,3-5,7-9,23H2,(H,25,28)/p+1. The Hall–Kier alpha value is -1.28. The van der Waals surface area contributed by atoms with Gasteiger partial charge in [0.25, 0.3) is 11.5 Å². The maximum Gasteiger partial charge on any atom is 0.299 e. The number of nitrogens with two attached hydrogens (primary N) is 1. The summed E-state index contributed by atoms with van der Waals surface area (Å²) in [5.41, 5.74) is 3.20. The van der Waals surface area contributed by atoms with Crippen LogP contribution >= 0.6 is 35.0 Å². The summed E-state index contributed by atoms with van der Waals surface area (Å²) in [5, 5.41) is 8.86. The summed E-state index contributed by atoms with van der Waals surface area (Å²) >= 11 is 14.0. The number of hydrogen-bond donors (Lipinski definition) is 3. The van der Waals surface area contributed by atoms with E-state index in [1.807, 2.05) is 10.6 Å². The third-order valence-electron chi connectivity index (χ3n) is 6.97. The van der Waals surface area contributed by atoms with Gasteiger partial charge >= 0.3 is 0 Å². The number of carbonyl (C=O) groups is 1. The Morgan fingerprint density at radius 1 is 1.24 bits per heavy atom. The Balaban J connectivity index is 1.49. The minimum atomic E-state index is -0.265. The van der Waals surface area contributed by atoms with E-state index in [0.717, 1.165) is 47.9 Å². The van der Waals surface area contributed by atoms with Crippen molar-refractivity contribution in [1.82, 2.24) is 15.6 Å². The van der Waals surface area contributed by atoms with Gasteiger partial charge in [0.1, 0.15) is 10.9 Å². The largest absolute Gasteiger partial charge is 0.299 e. The number of nitrogens with one attached hydrogen (secondary N) is 2. The zero-order chi connectivity index (χ0) is 20.2. The number of aromatic nitrogens is 3. The number of halogens is 2. The molecule has 1 heterocycles. The van der Waals surface area contributed by atoms with Crippen LogP contribution in [0.4, 0.5) is 0 Å². The molecule has 4 N–H and O–H groups in total. The van der Waals surface area contributed by atoms with E-state index in [1.165, 1.54) is 31.0 Å². The molecule has 1 aromatic heterocycles. The minimum Gasteiger partial charge on any atom is -0.293 e. The van der Waals surface area contributed by atoms with Crippen LogP contribution in [0.5, 0.6) is 0 Å². The van der Waals surface area contributed by atoms with Gasteiger partial charge in [0, 0.05) is 10.1 Å². The van der Waals surface area contributed by atoms with Crippen molar-refractivity contribution in [2.24, 2.45) is 29.0 Å². The predicted molar refractivity (Wildman–Crippen MR) is 113 cm³/mol. The van der Waals surface area contributed by atoms with Gasteiger partial charge in [0.2, 0.25) is 5.91 Å². The lowest BCUT2D eigenvalue weighted by molar-refractivity contribution is -0.636. The average Bonchev–Trinajstić information content (AvgIpc) is 3.12. The molecule has 6 rings (SSSR count). The van der Waals surface area contributed by atoms with Crippen LogP contribution in [0, 0.1) is 23.2 Å². The molecule has 154 valence electrons. The second-order valence-electron chi connectivity index (χ2n) is 8.91. The second kappa shape index (κ2) is 7.45. The first-order valence-electron chi connectivity index (χ1n) is 10.0. The lowest BCUT2D eigenvalue weighted by Gasteiger charge is -2.58. The zero-order valence-corrected chi connectivity index (χ0v) is 18.2. The SMILES string of the molecule is NNC(=O)C(Sc1[nH]nc[n+]1-c1ccc(Cl)cc1Cl)C12CC3CC(CC(C3)C1)C2. The van der Waals surface area contributed by atoms with Crippen LogP contribution in [0.2, 0.25) is 10.0 Å². The molecule has 4 saturated carbocycles. The highest BCUT2D eigenvalue weighted by Gasteiger charge is 2.56. The molecule has 1 aromatic carbocycles. The zero-order valence-electron chi connectivity index (χ0n) is 15.9. The molecule has 4 fully saturated rings. The summed E-state index contributed by atoms with van der Waals surface area (Å²) in [6.07, 6.45) is 8.98. The Morgan fingerprint density at radius 2 is 1.90 bits per heavy atom. The fraction of sp³-hybridized carbons (Fsp3) is 0.550. The van der Waals surface area contributed by atoms with E-state index >= 15 is 0 Å². The Bertz CT molecular complexity index is 913. The van der Waals surface area contributed by atoms with Crippen LogP contribution in [0.1, 0.15) is 38.5 Å². The van der Waals surface area contributed by atoms with Crippen LogP contribution in [0.15, 0.2) is 29.7 Å². The Kier molecular flexibility index (Phi) is 5.05. The van der Waals surface area contributed by atoms with Gasteiger partial charge in [0.15, 0.2) is 0 Å². The molecule has 0 radical (unpaired) electrons. The summed E-state index contributed by atoms with van der Waals surface area (Å²) < 4.78 is 1.88. The molecular weight excluding hydrogens is 429 g/mol. The summed E-state index contributed by atoms with van der Waals surface area (Å²) in [5.74, 6) is 7.75. The van der Waals surface area contributed by atoms with Crippen molar-refractivity contribution in [3.63, 3.8) is 0 Å². The van der Waals surface area contributed by atoms with Crippen molar-refractivity contribution in [3.8, 4) is 5.69 Å². The third kappa shape index (κ3) is 3.46. The van der Waals surface area contributed by atoms with E-state index in [2.05, 4.69) is 15.6 Å². The Labute approximate surface area is 183 Å². The van der Waals surface area contributed by atoms with E-state index < -0.39 is 0 Å². The fourth-order valence-corrected chi connectivity index (χ4v) is 8.12. The number of benzene rings is 1. The molecule has 1 unspecified atom stereocenters. The number of hydrogen-bond acceptors (Lipinski definition) is 4. The maximum absolute atomic E-state index is 13.0. The highest BCUT2D eigenvalue weighted by Crippen LogP contribution is 2.63. The van der Waals surface area contributed by atoms with E-state index in [-0.39, 0.29) is 16.6 Å². The van der Waals surface area contributed by atoms with Crippen molar-refractivity contribution in [2.45, 2.75) is 48.9 Å². The van der Waals surface area contributed by atoms with E-state index in [4.69, 9.17) is 29.0 Å². The first-order chi connectivity index (χ1) is 14.0. The van der Waals surface area contributed by atoms with Crippen molar-refractivity contribution >= 4 is 40.9 Å². The number of H-pyrrole nitrogens is 1. The number of thioether (sulfide) groups is 1. The minimum absolute atomic E-state index is 0.00436. The highest BCUT2D eigenvalue weighted by molar-refractivity contribution is 8.00. The van der Waals surface area contributed by atoms with Gasteiger partial charge in [-0.3, -0.25) is 10.2 Å². The molecule has 0 spiro atoms. The molecule has 9 heteroatoms. The number of amides is 1. The predicted octanol–water partition coefficient (Wildman–Crippen LogP) is 3.66. The van der Waals surface area contributed by atoms with E-state index in [0.29, 0.717) is 10.0 Å². The topological polar surface area (TPSA) is 87.7 Å². The van der Waals surface area contributed by atoms with Crippen molar-refractivity contribution in [3.05, 3.63) is 34.6 Å². The molecule has 4 aliphatic rings. The number of carbonyl (C=O) groups excluding carboxylic acids is 1. The molecule has 6 nitrogen and oxygen atoms in total. The van der Waals surface area contributed by atoms with Gasteiger partial charge in [-0.15, -0.1) is 5.10 Å². The van der Waals surface area contributed by atoms with Crippen LogP contribution in [0.3, 0.4) is 0 Å². The van der Waals surface area contributed by atoms with E-state index in [9.17, 15) is 4.79 Å². The summed E-state index contributed by atoms with van der Waals surface area (Å²) in [6, 6.07) is 5.35. The first-order valence-corrected chi connectivity index (χ1v) is 11.7. The smallest absolute Gasteiger partial charge is 0.293 e. The number of hydrazine groups is 1. The van der Waals surface area contributed by atoms with Gasteiger partial charge < -0.3 is 0 Å². The molecule has 0 saturated heterocycles. The molecule has 1 amide bonds. The number of rotatable bonds is 5. The second-order valence-corrected chi connectivity index (χ2v) is 10.9. The fourth-order valence-electron chi connectivity index (χ4n) is 6.32. The van der Waals surface area contributed by atoms with Crippen LogP contribution in [-0.2, 0) is 4.79 Å². The molecule has 4 aliphatic carbocycles. The van der Waals surface area contributed by atoms with Crippen LogP contribution in [-0.4, -0.2) is 21.4 Å². The van der Waals surface area contributed by atoms with Gasteiger partial charge in [-0.2, -0.15) is 4.57 Å². The summed E-state index contributed by atoms with van der Waals surface area (Å²) in [7, 11) is 0. The first kappa shape index (κ1) is 19.7. The van der Waals surface area contributed by atoms with Crippen LogP contribution in [0.25, 0.3) is 5.69 Å². The summed E-state index contributed by atoms with van der Waals surface area (Å²) in [6.45, 7) is 0. The van der Waals surface area contributed by atoms with Crippen molar-refractivity contribution < 1.29 is 9.36 Å². The molecular formula is C20H24Cl2N5OS+. The van der Waals surface area contributed by atoms with E-state index in [1.54, 1.807) is 18.5 Å². The molecule has 2 aromatic rings. The number of nitrogens with zero attached hydrogens (tertiary/aromatic N) is 2. The maximum atomic E-state index is 13.0. The van der Waals surface area contributed by atoms with Gasteiger partial charge in [-0.1, -0.05) is 23.2 Å². The number of aromatic amines is 1. The molecule has 1 atom stereocenters. The van der Waals surface area contributed by atoms with Gasteiger partial charge in [0.05, 0.1) is 5.02 Å².